The number of carbonyl (C=O) groups excluding carboxylic acids is 1. The number of fused-ring (bicyclic) bond motifs is 1. The standard InChI is InChI=1S/C16H9Cl3O3/c1-8-10-3-2-4-12(18)15(10)22-14(8)16(20)21-9-5-6-11(17)13(19)7-9/h2-7H,1H3. The van der Waals surface area contributed by atoms with Crippen molar-refractivity contribution in [3.05, 3.63) is 62.8 Å². The summed E-state index contributed by atoms with van der Waals surface area (Å²) in [6, 6.07) is 9.89. The predicted molar refractivity (Wildman–Crippen MR) is 87.4 cm³/mol. The fourth-order valence-corrected chi connectivity index (χ4v) is 2.60. The lowest BCUT2D eigenvalue weighted by molar-refractivity contribution is 0.0703. The van der Waals surface area contributed by atoms with Crippen molar-refractivity contribution in [2.24, 2.45) is 0 Å². The lowest BCUT2D eigenvalue weighted by Gasteiger charge is -2.04. The van der Waals surface area contributed by atoms with Crippen LogP contribution in [0.4, 0.5) is 0 Å². The van der Waals surface area contributed by atoms with Crippen molar-refractivity contribution in [3.8, 4) is 5.75 Å². The van der Waals surface area contributed by atoms with Crippen LogP contribution in [0.2, 0.25) is 15.1 Å². The van der Waals surface area contributed by atoms with Crippen LogP contribution in [-0.4, -0.2) is 5.97 Å². The molecule has 0 aliphatic carbocycles. The van der Waals surface area contributed by atoms with Gasteiger partial charge in [-0.05, 0) is 25.1 Å². The maximum Gasteiger partial charge on any atom is 0.379 e. The molecule has 0 N–H and O–H groups in total. The second-order valence-corrected chi connectivity index (χ2v) is 5.86. The van der Waals surface area contributed by atoms with Crippen LogP contribution >= 0.6 is 34.8 Å². The van der Waals surface area contributed by atoms with Gasteiger partial charge in [0.15, 0.2) is 5.58 Å². The molecule has 1 heterocycles. The van der Waals surface area contributed by atoms with E-state index in [1.807, 2.05) is 6.07 Å². The molecule has 0 unspecified atom stereocenters. The van der Waals surface area contributed by atoms with E-state index in [0.29, 0.717) is 26.2 Å². The summed E-state index contributed by atoms with van der Waals surface area (Å²) in [6.07, 6.45) is 0. The SMILES string of the molecule is Cc1c(C(=O)Oc2ccc(Cl)c(Cl)c2)oc2c(Cl)cccc12. The Morgan fingerprint density at radius 3 is 2.50 bits per heavy atom. The maximum absolute atomic E-state index is 12.3. The molecule has 3 rings (SSSR count). The highest BCUT2D eigenvalue weighted by Crippen LogP contribution is 2.32. The number of furan rings is 1. The zero-order valence-electron chi connectivity index (χ0n) is 11.3. The van der Waals surface area contributed by atoms with Crippen LogP contribution in [0.3, 0.4) is 0 Å². The van der Waals surface area contributed by atoms with Crippen LogP contribution in [0.1, 0.15) is 16.1 Å². The zero-order chi connectivity index (χ0) is 15.9. The number of rotatable bonds is 2. The smallest absolute Gasteiger partial charge is 0.379 e. The van der Waals surface area contributed by atoms with E-state index < -0.39 is 5.97 Å². The topological polar surface area (TPSA) is 39.4 Å². The first-order valence-electron chi connectivity index (χ1n) is 6.32. The van der Waals surface area contributed by atoms with E-state index in [0.717, 1.165) is 5.39 Å². The van der Waals surface area contributed by atoms with Gasteiger partial charge in [-0.25, -0.2) is 4.79 Å². The fourth-order valence-electron chi connectivity index (χ4n) is 2.10. The second-order valence-electron chi connectivity index (χ2n) is 4.64. The molecule has 3 nitrogen and oxygen atoms in total. The van der Waals surface area contributed by atoms with Crippen LogP contribution in [-0.2, 0) is 0 Å². The summed E-state index contributed by atoms with van der Waals surface area (Å²) in [4.78, 5) is 12.3. The van der Waals surface area contributed by atoms with Crippen molar-refractivity contribution in [1.82, 2.24) is 0 Å². The Hall–Kier alpha value is -1.68. The van der Waals surface area contributed by atoms with E-state index in [1.54, 1.807) is 31.2 Å². The van der Waals surface area contributed by atoms with Gasteiger partial charge < -0.3 is 9.15 Å². The third-order valence-corrected chi connectivity index (χ3v) is 4.24. The number of ether oxygens (including phenoxy) is 1. The van der Waals surface area contributed by atoms with Crippen LogP contribution in [0.25, 0.3) is 11.0 Å². The number of benzene rings is 2. The molecule has 0 fully saturated rings. The van der Waals surface area contributed by atoms with Crippen LogP contribution in [0.15, 0.2) is 40.8 Å². The number of aryl methyl sites for hydroxylation is 1. The summed E-state index contributed by atoms with van der Waals surface area (Å²) >= 11 is 17.8. The van der Waals surface area contributed by atoms with Crippen molar-refractivity contribution in [1.29, 1.82) is 0 Å². The Balaban J connectivity index is 1.97. The third kappa shape index (κ3) is 2.68. The summed E-state index contributed by atoms with van der Waals surface area (Å²) in [5.74, 6) is -0.234. The van der Waals surface area contributed by atoms with Crippen LogP contribution < -0.4 is 4.74 Å². The summed E-state index contributed by atoms with van der Waals surface area (Å²) in [5, 5.41) is 1.90. The molecule has 112 valence electrons. The minimum absolute atomic E-state index is 0.106. The molecule has 0 spiro atoms. The van der Waals surface area contributed by atoms with Crippen molar-refractivity contribution in [3.63, 3.8) is 0 Å². The molecule has 6 heteroatoms. The molecule has 0 aliphatic rings. The Morgan fingerprint density at radius 2 is 1.82 bits per heavy atom. The van der Waals surface area contributed by atoms with Crippen molar-refractivity contribution >= 4 is 51.7 Å². The Morgan fingerprint density at radius 1 is 1.05 bits per heavy atom. The molecule has 0 aliphatic heterocycles. The van der Waals surface area contributed by atoms with E-state index in [9.17, 15) is 4.79 Å². The molecule has 0 saturated carbocycles. The summed E-state index contributed by atoms with van der Waals surface area (Å²) < 4.78 is 10.8. The van der Waals surface area contributed by atoms with Gasteiger partial charge in [0, 0.05) is 17.0 Å². The second kappa shape index (κ2) is 5.84. The Bertz CT molecular complexity index is 884. The molecule has 3 aromatic rings. The van der Waals surface area contributed by atoms with Crippen LogP contribution in [0.5, 0.6) is 5.75 Å². The van der Waals surface area contributed by atoms with Gasteiger partial charge in [0.2, 0.25) is 5.76 Å². The fraction of sp³-hybridized carbons (Fsp3) is 0.0625. The van der Waals surface area contributed by atoms with Gasteiger partial charge in [0.05, 0.1) is 15.1 Å². The van der Waals surface area contributed by atoms with E-state index in [4.69, 9.17) is 44.0 Å². The van der Waals surface area contributed by atoms with E-state index in [1.165, 1.54) is 6.07 Å². The average molecular weight is 356 g/mol. The van der Waals surface area contributed by atoms with Gasteiger partial charge in [-0.3, -0.25) is 0 Å². The number of hydrogen-bond acceptors (Lipinski definition) is 3. The summed E-state index contributed by atoms with van der Waals surface area (Å²) in [6.45, 7) is 1.77. The summed E-state index contributed by atoms with van der Waals surface area (Å²) in [7, 11) is 0. The average Bonchev–Trinajstić information content (AvgIpc) is 2.82. The lowest BCUT2D eigenvalue weighted by Crippen LogP contribution is -2.08. The number of carbonyl (C=O) groups is 1. The Labute approximate surface area is 141 Å². The van der Waals surface area contributed by atoms with E-state index >= 15 is 0 Å². The van der Waals surface area contributed by atoms with Gasteiger partial charge in [-0.2, -0.15) is 0 Å². The van der Waals surface area contributed by atoms with Gasteiger partial charge >= 0.3 is 5.97 Å². The number of esters is 1. The highest BCUT2D eigenvalue weighted by molar-refractivity contribution is 6.42. The first-order chi connectivity index (χ1) is 10.5. The van der Waals surface area contributed by atoms with Gasteiger partial charge in [-0.15, -0.1) is 0 Å². The van der Waals surface area contributed by atoms with Gasteiger partial charge in [0.1, 0.15) is 5.75 Å². The quantitative estimate of drug-likeness (QED) is 0.423. The molecule has 0 bridgehead atoms. The predicted octanol–water partition coefficient (Wildman–Crippen LogP) is 5.92. The third-order valence-electron chi connectivity index (χ3n) is 3.20. The molecule has 0 amide bonds. The number of hydrogen-bond donors (Lipinski definition) is 0. The largest absolute Gasteiger partial charge is 0.447 e. The minimum Gasteiger partial charge on any atom is -0.447 e. The highest BCUT2D eigenvalue weighted by Gasteiger charge is 2.21. The lowest BCUT2D eigenvalue weighted by atomic mass is 10.1. The molecule has 0 atom stereocenters. The molecular weight excluding hydrogens is 347 g/mol. The first-order valence-corrected chi connectivity index (χ1v) is 7.45. The van der Waals surface area contributed by atoms with E-state index in [-0.39, 0.29) is 11.5 Å². The normalized spacial score (nSPS) is 10.9. The van der Waals surface area contributed by atoms with Crippen molar-refractivity contribution in [2.75, 3.05) is 0 Å². The Kier molecular flexibility index (Phi) is 4.04. The van der Waals surface area contributed by atoms with Gasteiger partial charge in [0.25, 0.3) is 0 Å². The van der Waals surface area contributed by atoms with E-state index in [2.05, 4.69) is 0 Å². The zero-order valence-corrected chi connectivity index (χ0v) is 13.6. The first kappa shape index (κ1) is 15.2. The summed E-state index contributed by atoms with van der Waals surface area (Å²) in [5.41, 5.74) is 1.13. The molecular formula is C16H9Cl3O3. The van der Waals surface area contributed by atoms with Crippen LogP contribution in [0, 0.1) is 6.92 Å². The van der Waals surface area contributed by atoms with Gasteiger partial charge in [-0.1, -0.05) is 46.9 Å². The van der Waals surface area contributed by atoms with Crippen molar-refractivity contribution in [2.45, 2.75) is 6.92 Å². The molecule has 0 saturated heterocycles. The minimum atomic E-state index is -0.622. The number of halogens is 3. The maximum atomic E-state index is 12.3. The van der Waals surface area contributed by atoms with Crippen molar-refractivity contribution < 1.29 is 13.9 Å². The number of para-hydroxylation sites is 1. The molecule has 0 radical (unpaired) electrons. The molecule has 1 aromatic heterocycles. The monoisotopic (exact) mass is 354 g/mol. The highest BCUT2D eigenvalue weighted by atomic mass is 35.5. The molecule has 22 heavy (non-hydrogen) atoms. The molecule has 2 aromatic carbocycles.